The summed E-state index contributed by atoms with van der Waals surface area (Å²) in [6.07, 6.45) is 1.90. The van der Waals surface area contributed by atoms with Crippen LogP contribution in [0.2, 0.25) is 5.15 Å². The normalized spacial score (nSPS) is 11.8. The maximum absolute atomic E-state index is 11.6. The van der Waals surface area contributed by atoms with Gasteiger partial charge in [0.15, 0.2) is 0 Å². The summed E-state index contributed by atoms with van der Waals surface area (Å²) in [6, 6.07) is 6.08. The van der Waals surface area contributed by atoms with Crippen LogP contribution in [0.4, 0.5) is 0 Å². The molecule has 0 unspecified atom stereocenters. The van der Waals surface area contributed by atoms with E-state index >= 15 is 0 Å². The molecule has 1 aromatic heterocycles. The van der Waals surface area contributed by atoms with Gasteiger partial charge in [-0.2, -0.15) is 0 Å². The van der Waals surface area contributed by atoms with Gasteiger partial charge in [-0.05, 0) is 30.7 Å². The van der Waals surface area contributed by atoms with Crippen molar-refractivity contribution in [3.8, 4) is 5.75 Å². The number of fused-ring (bicyclic) bond motifs is 1. The maximum atomic E-state index is 11.6. The summed E-state index contributed by atoms with van der Waals surface area (Å²) in [7, 11) is -3.82. The molecule has 2 rings (SSSR count). The number of unbranched alkanes of at least 4 members (excludes halogenated alkanes) is 1. The van der Waals surface area contributed by atoms with Gasteiger partial charge in [0.25, 0.3) is 0 Å². The molecular formula is C13H15ClN2O3S. The van der Waals surface area contributed by atoms with Gasteiger partial charge in [-0.25, -0.2) is 18.5 Å². The molecule has 7 heteroatoms. The third-order valence-electron chi connectivity index (χ3n) is 2.81. The van der Waals surface area contributed by atoms with Crippen LogP contribution in [0.5, 0.6) is 5.75 Å². The van der Waals surface area contributed by atoms with E-state index in [2.05, 4.69) is 11.9 Å². The van der Waals surface area contributed by atoms with Crippen LogP contribution >= 0.6 is 11.6 Å². The molecule has 0 fully saturated rings. The van der Waals surface area contributed by atoms with Gasteiger partial charge in [0.2, 0.25) is 10.0 Å². The number of sulfonamides is 1. The molecule has 1 aromatic carbocycles. The van der Waals surface area contributed by atoms with Crippen molar-refractivity contribution in [3.05, 3.63) is 29.4 Å². The van der Waals surface area contributed by atoms with E-state index in [-0.39, 0.29) is 10.0 Å². The van der Waals surface area contributed by atoms with Gasteiger partial charge >= 0.3 is 0 Å². The minimum Gasteiger partial charge on any atom is -0.491 e. The van der Waals surface area contributed by atoms with E-state index < -0.39 is 10.0 Å². The minimum atomic E-state index is -3.82. The standard InChI is InChI=1S/C13H15ClN2O3S/c1-2-3-8-19-10-5-6-11(20(15,17)18)9-4-7-12(14)16-13(9)10/h4-7H,2-3,8H2,1H3,(H2,15,17,18). The van der Waals surface area contributed by atoms with E-state index in [1.165, 1.54) is 12.1 Å². The first-order chi connectivity index (χ1) is 9.43. The Bertz CT molecular complexity index is 732. The lowest BCUT2D eigenvalue weighted by atomic mass is 10.2. The van der Waals surface area contributed by atoms with Crippen molar-refractivity contribution in [2.75, 3.05) is 6.61 Å². The predicted molar refractivity (Wildman–Crippen MR) is 78.5 cm³/mol. The first-order valence-electron chi connectivity index (χ1n) is 6.18. The number of nitrogens with two attached hydrogens (primary N) is 1. The van der Waals surface area contributed by atoms with Gasteiger partial charge in [-0.15, -0.1) is 0 Å². The van der Waals surface area contributed by atoms with Crippen LogP contribution in [0, 0.1) is 0 Å². The van der Waals surface area contributed by atoms with Crippen LogP contribution in [0.15, 0.2) is 29.2 Å². The molecule has 0 saturated carbocycles. The zero-order valence-electron chi connectivity index (χ0n) is 11.0. The van der Waals surface area contributed by atoms with Crippen molar-refractivity contribution in [3.63, 3.8) is 0 Å². The predicted octanol–water partition coefficient (Wildman–Crippen LogP) is 2.71. The van der Waals surface area contributed by atoms with Gasteiger partial charge in [-0.3, -0.25) is 0 Å². The SMILES string of the molecule is CCCCOc1ccc(S(N)(=O)=O)c2ccc(Cl)nc12. The minimum absolute atomic E-state index is 0.0134. The van der Waals surface area contributed by atoms with Crippen molar-refractivity contribution >= 4 is 32.5 Å². The van der Waals surface area contributed by atoms with E-state index in [1.807, 2.05) is 0 Å². The van der Waals surface area contributed by atoms with Gasteiger partial charge < -0.3 is 4.74 Å². The number of aromatic nitrogens is 1. The average molecular weight is 315 g/mol. The molecule has 0 bridgehead atoms. The largest absolute Gasteiger partial charge is 0.491 e. The fourth-order valence-electron chi connectivity index (χ4n) is 1.83. The molecular weight excluding hydrogens is 300 g/mol. The molecule has 0 aliphatic rings. The third-order valence-corrected chi connectivity index (χ3v) is 3.99. The molecule has 5 nitrogen and oxygen atoms in total. The second kappa shape index (κ2) is 5.95. The second-order valence-electron chi connectivity index (χ2n) is 4.34. The number of pyridine rings is 1. The van der Waals surface area contributed by atoms with Gasteiger partial charge in [0, 0.05) is 5.39 Å². The molecule has 20 heavy (non-hydrogen) atoms. The smallest absolute Gasteiger partial charge is 0.238 e. The monoisotopic (exact) mass is 314 g/mol. The lowest BCUT2D eigenvalue weighted by molar-refractivity contribution is 0.312. The highest BCUT2D eigenvalue weighted by Gasteiger charge is 2.16. The molecule has 0 radical (unpaired) electrons. The van der Waals surface area contributed by atoms with Gasteiger partial charge in [-0.1, -0.05) is 24.9 Å². The summed E-state index contributed by atoms with van der Waals surface area (Å²) in [4.78, 5) is 4.16. The zero-order chi connectivity index (χ0) is 14.8. The van der Waals surface area contributed by atoms with E-state index in [0.717, 1.165) is 12.8 Å². The number of nitrogens with zero attached hydrogens (tertiary/aromatic N) is 1. The molecule has 1 heterocycles. The first-order valence-corrected chi connectivity index (χ1v) is 8.10. The van der Waals surface area contributed by atoms with Crippen molar-refractivity contribution in [1.82, 2.24) is 4.98 Å². The molecule has 108 valence electrons. The molecule has 0 amide bonds. The molecule has 0 aliphatic heterocycles. The molecule has 0 saturated heterocycles. The zero-order valence-corrected chi connectivity index (χ0v) is 12.5. The van der Waals surface area contributed by atoms with E-state index in [1.54, 1.807) is 12.1 Å². The maximum Gasteiger partial charge on any atom is 0.238 e. The highest BCUT2D eigenvalue weighted by Crippen LogP contribution is 2.30. The van der Waals surface area contributed by atoms with Crippen LogP contribution in [-0.2, 0) is 10.0 Å². The fraction of sp³-hybridized carbons (Fsp3) is 0.308. The van der Waals surface area contributed by atoms with Crippen LogP contribution in [0.25, 0.3) is 10.9 Å². The van der Waals surface area contributed by atoms with Crippen LogP contribution < -0.4 is 9.88 Å². The Balaban J connectivity index is 2.59. The summed E-state index contributed by atoms with van der Waals surface area (Å²) in [6.45, 7) is 2.59. The van der Waals surface area contributed by atoms with Crippen LogP contribution in [0.1, 0.15) is 19.8 Å². The number of halogens is 1. The van der Waals surface area contributed by atoms with Crippen molar-refractivity contribution < 1.29 is 13.2 Å². The lowest BCUT2D eigenvalue weighted by Gasteiger charge is -2.11. The van der Waals surface area contributed by atoms with E-state index in [9.17, 15) is 8.42 Å². The first kappa shape index (κ1) is 15.0. The van der Waals surface area contributed by atoms with Crippen molar-refractivity contribution in [2.24, 2.45) is 5.14 Å². The number of benzene rings is 1. The molecule has 0 spiro atoms. The Morgan fingerprint density at radius 3 is 2.70 bits per heavy atom. The van der Waals surface area contributed by atoms with Crippen LogP contribution in [0.3, 0.4) is 0 Å². The summed E-state index contributed by atoms with van der Waals surface area (Å²) < 4.78 is 28.8. The Morgan fingerprint density at radius 1 is 1.30 bits per heavy atom. The number of hydrogen-bond acceptors (Lipinski definition) is 4. The van der Waals surface area contributed by atoms with E-state index in [4.69, 9.17) is 21.5 Å². The van der Waals surface area contributed by atoms with Crippen molar-refractivity contribution in [2.45, 2.75) is 24.7 Å². The summed E-state index contributed by atoms with van der Waals surface area (Å²) in [5, 5.41) is 5.88. The van der Waals surface area contributed by atoms with Crippen LogP contribution in [-0.4, -0.2) is 20.0 Å². The third kappa shape index (κ3) is 3.20. The highest BCUT2D eigenvalue weighted by atomic mass is 35.5. The van der Waals surface area contributed by atoms with Gasteiger partial charge in [0.1, 0.15) is 16.4 Å². The number of ether oxygens (including phenoxy) is 1. The number of primary sulfonamides is 1. The molecule has 2 N–H and O–H groups in total. The Hall–Kier alpha value is -1.37. The van der Waals surface area contributed by atoms with Crippen molar-refractivity contribution in [1.29, 1.82) is 0 Å². The number of hydrogen-bond donors (Lipinski definition) is 1. The summed E-state index contributed by atoms with van der Waals surface area (Å²) in [5.41, 5.74) is 0.403. The topological polar surface area (TPSA) is 82.3 Å². The lowest BCUT2D eigenvalue weighted by Crippen LogP contribution is -2.13. The Labute approximate surface area is 122 Å². The van der Waals surface area contributed by atoms with Gasteiger partial charge in [0.05, 0.1) is 11.5 Å². The molecule has 0 aliphatic carbocycles. The molecule has 0 atom stereocenters. The highest BCUT2D eigenvalue weighted by molar-refractivity contribution is 7.89. The summed E-state index contributed by atoms with van der Waals surface area (Å²) in [5.74, 6) is 0.503. The van der Waals surface area contributed by atoms with E-state index in [0.29, 0.717) is 23.3 Å². The fourth-order valence-corrected chi connectivity index (χ4v) is 2.71. The number of rotatable bonds is 5. The molecule has 2 aromatic rings. The quantitative estimate of drug-likeness (QED) is 0.679. The average Bonchev–Trinajstić information content (AvgIpc) is 2.37. The Kier molecular flexibility index (Phi) is 4.47. The Morgan fingerprint density at radius 2 is 2.05 bits per heavy atom. The summed E-state index contributed by atoms with van der Waals surface area (Å²) >= 11 is 5.87. The second-order valence-corrected chi connectivity index (χ2v) is 6.26.